The Labute approximate surface area is 198 Å². The van der Waals surface area contributed by atoms with E-state index in [2.05, 4.69) is 29.1 Å². The monoisotopic (exact) mass is 504 g/mol. The number of rotatable bonds is 13. The smallest absolute Gasteiger partial charge is 0.387 e. The molecule has 1 atom stereocenters. The van der Waals surface area contributed by atoms with Crippen LogP contribution in [0.1, 0.15) is 36.6 Å². The highest BCUT2D eigenvalue weighted by atomic mass is 28.3. The van der Waals surface area contributed by atoms with Crippen molar-refractivity contribution in [3.05, 3.63) is 59.2 Å². The average Bonchev–Trinajstić information content (AvgIpc) is 2.72. The zero-order valence-corrected chi connectivity index (χ0v) is 21.0. The molecule has 10 heteroatoms. The average molecular weight is 505 g/mol. The first kappa shape index (κ1) is 28.1. The van der Waals surface area contributed by atoms with E-state index in [1.807, 2.05) is 13.8 Å². The van der Waals surface area contributed by atoms with Crippen molar-refractivity contribution in [2.24, 2.45) is 0 Å². The first-order valence-electron chi connectivity index (χ1n) is 10.8. The number of ether oxygens (including phenoxy) is 4. The molecule has 0 saturated carbocycles. The number of aliphatic hydroxyl groups is 1. The van der Waals surface area contributed by atoms with E-state index in [9.17, 15) is 22.7 Å². The van der Waals surface area contributed by atoms with Crippen LogP contribution in [0.5, 0.6) is 11.5 Å². The molecule has 2 aromatic carbocycles. The summed E-state index contributed by atoms with van der Waals surface area (Å²) in [5.74, 6) is -1.14. The normalized spacial score (nSPS) is 13.4. The van der Waals surface area contributed by atoms with Gasteiger partial charge in [0.25, 0.3) is 0 Å². The van der Waals surface area contributed by atoms with E-state index >= 15 is 0 Å². The first-order chi connectivity index (χ1) is 15.8. The molecule has 0 aliphatic rings. The summed E-state index contributed by atoms with van der Waals surface area (Å²) in [7, 11) is -1.17. The van der Waals surface area contributed by atoms with Crippen LogP contribution in [0.3, 0.4) is 0 Å². The summed E-state index contributed by atoms with van der Waals surface area (Å²) in [4.78, 5) is 0. The fraction of sp³-hybridized carbons (Fsp3) is 0.500. The third-order valence-corrected chi connectivity index (χ3v) is 6.84. The molecule has 2 rings (SSSR count). The molecule has 0 amide bonds. The minimum absolute atomic E-state index is 0.155. The number of alkyl halides is 4. The van der Waals surface area contributed by atoms with Crippen LogP contribution >= 0.6 is 0 Å². The highest BCUT2D eigenvalue weighted by molar-refractivity contribution is 6.76. The summed E-state index contributed by atoms with van der Waals surface area (Å²) >= 11 is 0. The van der Waals surface area contributed by atoms with Crippen LogP contribution in [0, 0.1) is 0 Å². The second kappa shape index (κ2) is 12.0. The lowest BCUT2D eigenvalue weighted by Crippen LogP contribution is -2.25. The van der Waals surface area contributed by atoms with Gasteiger partial charge in [-0.2, -0.15) is 17.6 Å². The Bertz CT molecular complexity index is 901. The van der Waals surface area contributed by atoms with Crippen LogP contribution < -0.4 is 9.47 Å². The van der Waals surface area contributed by atoms with Crippen LogP contribution in [0.4, 0.5) is 17.6 Å². The SMILES string of the molecule is CC(C)(OCOCC[Si](C)(C)C)c1ccc(C(O)c2ccc(OC(F)F)c(OC(F)F)c2)cc1. The molecule has 5 nitrogen and oxygen atoms in total. The van der Waals surface area contributed by atoms with Crippen molar-refractivity contribution in [2.45, 2.75) is 64.5 Å². The van der Waals surface area contributed by atoms with Gasteiger partial charge in [-0.05, 0) is 48.7 Å². The van der Waals surface area contributed by atoms with Crippen molar-refractivity contribution in [1.82, 2.24) is 0 Å². The van der Waals surface area contributed by atoms with Crippen LogP contribution in [0.25, 0.3) is 0 Å². The molecule has 34 heavy (non-hydrogen) atoms. The maximum Gasteiger partial charge on any atom is 0.387 e. The van der Waals surface area contributed by atoms with Gasteiger partial charge in [0.1, 0.15) is 12.9 Å². The molecule has 0 saturated heterocycles. The minimum atomic E-state index is -3.24. The Morgan fingerprint density at radius 3 is 1.97 bits per heavy atom. The molecule has 2 aromatic rings. The Morgan fingerprint density at radius 2 is 1.41 bits per heavy atom. The van der Waals surface area contributed by atoms with Gasteiger partial charge < -0.3 is 24.1 Å². The van der Waals surface area contributed by atoms with Gasteiger partial charge in [-0.25, -0.2) is 0 Å². The molecule has 0 radical (unpaired) electrons. The van der Waals surface area contributed by atoms with Gasteiger partial charge in [0.05, 0.1) is 5.60 Å². The van der Waals surface area contributed by atoms with E-state index in [-0.39, 0.29) is 12.4 Å². The summed E-state index contributed by atoms with van der Waals surface area (Å²) < 4.78 is 70.4. The maximum atomic E-state index is 12.7. The lowest BCUT2D eigenvalue weighted by molar-refractivity contribution is -0.129. The van der Waals surface area contributed by atoms with Crippen molar-refractivity contribution >= 4 is 8.07 Å². The van der Waals surface area contributed by atoms with Crippen molar-refractivity contribution in [3.8, 4) is 11.5 Å². The number of halogens is 4. The van der Waals surface area contributed by atoms with Crippen molar-refractivity contribution < 1.29 is 41.6 Å². The summed E-state index contributed by atoms with van der Waals surface area (Å²) in [5, 5.41) is 10.7. The van der Waals surface area contributed by atoms with Gasteiger partial charge in [-0.1, -0.05) is 50.0 Å². The lowest BCUT2D eigenvalue weighted by atomic mass is 9.94. The molecular formula is C24H32F4O5Si. The molecule has 1 unspecified atom stereocenters. The van der Waals surface area contributed by atoms with E-state index in [0.29, 0.717) is 12.2 Å². The van der Waals surface area contributed by atoms with Crippen LogP contribution in [-0.4, -0.2) is 39.8 Å². The fourth-order valence-electron chi connectivity index (χ4n) is 3.04. The molecule has 0 spiro atoms. The summed E-state index contributed by atoms with van der Waals surface area (Å²) in [6.07, 6.45) is -1.20. The highest BCUT2D eigenvalue weighted by Gasteiger charge is 2.23. The second-order valence-electron chi connectivity index (χ2n) is 9.48. The van der Waals surface area contributed by atoms with Gasteiger partial charge in [-0.15, -0.1) is 0 Å². The Kier molecular flexibility index (Phi) is 9.92. The van der Waals surface area contributed by atoms with E-state index in [1.165, 1.54) is 6.07 Å². The van der Waals surface area contributed by atoms with Crippen molar-refractivity contribution in [1.29, 1.82) is 0 Å². The number of hydrogen-bond donors (Lipinski definition) is 1. The molecule has 0 aromatic heterocycles. The van der Waals surface area contributed by atoms with E-state index < -0.39 is 44.5 Å². The maximum absolute atomic E-state index is 12.7. The van der Waals surface area contributed by atoms with Gasteiger partial charge in [0.15, 0.2) is 11.5 Å². The van der Waals surface area contributed by atoms with Crippen molar-refractivity contribution in [3.63, 3.8) is 0 Å². The molecule has 0 bridgehead atoms. The second-order valence-corrected chi connectivity index (χ2v) is 15.1. The van der Waals surface area contributed by atoms with Gasteiger partial charge in [-0.3, -0.25) is 0 Å². The standard InChI is InChI=1S/C24H32F4O5Si/c1-24(2,31-15-30-12-13-34(3,4)5)18-9-6-16(7-10-18)21(29)17-8-11-19(32-22(25)26)20(14-17)33-23(27)28/h6-11,14,21-23,29H,12-13,15H2,1-5H3. The van der Waals surface area contributed by atoms with Gasteiger partial charge in [0.2, 0.25) is 0 Å². The van der Waals surface area contributed by atoms with Gasteiger partial charge in [0, 0.05) is 14.7 Å². The highest BCUT2D eigenvalue weighted by Crippen LogP contribution is 2.35. The van der Waals surface area contributed by atoms with Crippen LogP contribution in [0.15, 0.2) is 42.5 Å². The van der Waals surface area contributed by atoms with Crippen LogP contribution in [-0.2, 0) is 15.1 Å². The van der Waals surface area contributed by atoms with E-state index in [0.717, 1.165) is 23.7 Å². The summed E-state index contributed by atoms with van der Waals surface area (Å²) in [5.41, 5.74) is 0.849. The molecular weight excluding hydrogens is 472 g/mol. The number of hydrogen-bond acceptors (Lipinski definition) is 5. The van der Waals surface area contributed by atoms with Crippen molar-refractivity contribution in [2.75, 3.05) is 13.4 Å². The minimum Gasteiger partial charge on any atom is -0.431 e. The number of benzene rings is 2. The first-order valence-corrected chi connectivity index (χ1v) is 14.5. The molecule has 0 fully saturated rings. The molecule has 190 valence electrons. The quantitative estimate of drug-likeness (QED) is 0.145. The third-order valence-electron chi connectivity index (χ3n) is 5.14. The zero-order chi connectivity index (χ0) is 25.5. The molecule has 0 aliphatic heterocycles. The fourth-order valence-corrected chi connectivity index (χ4v) is 3.80. The summed E-state index contributed by atoms with van der Waals surface area (Å²) in [6.45, 7) is 4.97. The van der Waals surface area contributed by atoms with E-state index in [4.69, 9.17) is 9.47 Å². The van der Waals surface area contributed by atoms with Crippen LogP contribution in [0.2, 0.25) is 25.7 Å². The third kappa shape index (κ3) is 8.90. The predicted molar refractivity (Wildman–Crippen MR) is 123 cm³/mol. The molecule has 1 N–H and O–H groups in total. The zero-order valence-electron chi connectivity index (χ0n) is 20.0. The summed E-state index contributed by atoms with van der Waals surface area (Å²) in [6, 6.07) is 11.4. The van der Waals surface area contributed by atoms with E-state index in [1.54, 1.807) is 24.3 Å². The predicted octanol–water partition coefficient (Wildman–Crippen LogP) is 6.54. The lowest BCUT2D eigenvalue weighted by Gasteiger charge is -2.26. The molecule has 0 aliphatic carbocycles. The Morgan fingerprint density at radius 1 is 0.853 bits per heavy atom. The number of aliphatic hydroxyl groups excluding tert-OH is 1. The Hall–Kier alpha value is -2.14. The largest absolute Gasteiger partial charge is 0.431 e. The van der Waals surface area contributed by atoms with Gasteiger partial charge >= 0.3 is 13.2 Å². The molecule has 0 heterocycles. The Balaban J connectivity index is 2.08. The topological polar surface area (TPSA) is 57.2 Å².